The molecule has 3 saturated heterocycles. The lowest BCUT2D eigenvalue weighted by Gasteiger charge is -2.47. The van der Waals surface area contributed by atoms with Gasteiger partial charge >= 0.3 is 0 Å². The van der Waals surface area contributed by atoms with Crippen molar-refractivity contribution in [2.24, 2.45) is 11.8 Å². The Morgan fingerprint density at radius 2 is 1.64 bits per heavy atom. The second-order valence-corrected chi connectivity index (χ2v) is 8.64. The lowest BCUT2D eigenvalue weighted by Crippen LogP contribution is -2.52. The minimum absolute atomic E-state index is 0.0788. The van der Waals surface area contributed by atoms with Crippen LogP contribution in [-0.4, -0.2) is 60.0 Å². The number of piperidine rings is 1. The van der Waals surface area contributed by atoms with Crippen LogP contribution >= 0.6 is 0 Å². The second kappa shape index (κ2) is 7.26. The highest BCUT2D eigenvalue weighted by molar-refractivity contribution is 5.79. The first-order valence-electron chi connectivity index (χ1n) is 10.4. The maximum absolute atomic E-state index is 12.5. The molecule has 5 nitrogen and oxygen atoms in total. The molecular weight excluding hydrogens is 316 g/mol. The first-order valence-corrected chi connectivity index (χ1v) is 10.4. The fourth-order valence-electron chi connectivity index (χ4n) is 5.04. The van der Waals surface area contributed by atoms with Crippen LogP contribution in [0.2, 0.25) is 0 Å². The van der Waals surface area contributed by atoms with Gasteiger partial charge in [-0.1, -0.05) is 6.42 Å². The first-order chi connectivity index (χ1) is 12.2. The quantitative estimate of drug-likeness (QED) is 0.788. The monoisotopic (exact) mass is 348 g/mol. The predicted octanol–water partition coefficient (Wildman–Crippen LogP) is 2.59. The molecular formula is C20H32N2O3. The summed E-state index contributed by atoms with van der Waals surface area (Å²) in [6.07, 6.45) is 10.3. The summed E-state index contributed by atoms with van der Waals surface area (Å²) >= 11 is 0. The van der Waals surface area contributed by atoms with E-state index >= 15 is 0 Å². The first kappa shape index (κ1) is 17.3. The van der Waals surface area contributed by atoms with E-state index < -0.39 is 0 Å². The zero-order valence-electron chi connectivity index (χ0n) is 15.4. The molecule has 2 amide bonds. The number of amides is 2. The van der Waals surface area contributed by atoms with Crippen LogP contribution in [0.1, 0.15) is 64.2 Å². The molecule has 0 aromatic heterocycles. The molecule has 1 atom stereocenters. The smallest absolute Gasteiger partial charge is 0.225 e. The van der Waals surface area contributed by atoms with Crippen molar-refractivity contribution < 1.29 is 14.3 Å². The Labute approximate surface area is 151 Å². The van der Waals surface area contributed by atoms with Gasteiger partial charge < -0.3 is 14.5 Å². The maximum atomic E-state index is 12.5. The average molecular weight is 348 g/mol. The van der Waals surface area contributed by atoms with Gasteiger partial charge in [-0.3, -0.25) is 9.59 Å². The van der Waals surface area contributed by atoms with Crippen molar-refractivity contribution in [3.63, 3.8) is 0 Å². The Bertz CT molecular complexity index is 503. The van der Waals surface area contributed by atoms with Gasteiger partial charge in [-0.2, -0.15) is 0 Å². The molecule has 0 aromatic carbocycles. The van der Waals surface area contributed by atoms with E-state index in [-0.39, 0.29) is 5.60 Å². The summed E-state index contributed by atoms with van der Waals surface area (Å²) in [6.45, 7) is 4.34. The van der Waals surface area contributed by atoms with E-state index in [9.17, 15) is 9.59 Å². The van der Waals surface area contributed by atoms with Crippen LogP contribution in [0.25, 0.3) is 0 Å². The normalized spacial score (nSPS) is 29.7. The minimum Gasteiger partial charge on any atom is -0.375 e. The Balaban J connectivity index is 1.28. The minimum atomic E-state index is -0.0788. The molecule has 1 aliphatic carbocycles. The number of nitrogens with zero attached hydrogens (tertiary/aromatic N) is 2. The molecule has 0 aromatic rings. The van der Waals surface area contributed by atoms with Gasteiger partial charge in [0.05, 0.1) is 5.60 Å². The van der Waals surface area contributed by atoms with Crippen LogP contribution in [0.3, 0.4) is 0 Å². The van der Waals surface area contributed by atoms with Crippen molar-refractivity contribution in [3.05, 3.63) is 0 Å². The van der Waals surface area contributed by atoms with Crippen molar-refractivity contribution >= 4 is 11.8 Å². The molecule has 0 N–H and O–H groups in total. The zero-order valence-corrected chi connectivity index (χ0v) is 15.4. The number of carbonyl (C=O) groups excluding carboxylic acids is 2. The highest BCUT2D eigenvalue weighted by Gasteiger charge is 2.43. The third-order valence-corrected chi connectivity index (χ3v) is 6.96. The molecule has 140 valence electrons. The fourth-order valence-corrected chi connectivity index (χ4v) is 5.04. The zero-order chi connectivity index (χ0) is 17.3. The van der Waals surface area contributed by atoms with Crippen LogP contribution in [-0.2, 0) is 14.3 Å². The van der Waals surface area contributed by atoms with E-state index in [1.54, 1.807) is 0 Å². The molecule has 5 heteroatoms. The van der Waals surface area contributed by atoms with Gasteiger partial charge in [-0.15, -0.1) is 0 Å². The summed E-state index contributed by atoms with van der Waals surface area (Å²) in [6, 6.07) is 0. The highest BCUT2D eigenvalue weighted by Crippen LogP contribution is 2.40. The number of likely N-dealkylation sites (tertiary alicyclic amines) is 2. The van der Waals surface area contributed by atoms with Crippen LogP contribution in [0.5, 0.6) is 0 Å². The van der Waals surface area contributed by atoms with Gasteiger partial charge in [0.25, 0.3) is 0 Å². The molecule has 3 heterocycles. The molecule has 4 aliphatic rings. The Kier molecular flexibility index (Phi) is 5.03. The molecule has 1 unspecified atom stereocenters. The van der Waals surface area contributed by atoms with Gasteiger partial charge in [0.2, 0.25) is 11.8 Å². The van der Waals surface area contributed by atoms with Gasteiger partial charge in [0.1, 0.15) is 0 Å². The largest absolute Gasteiger partial charge is 0.375 e. The van der Waals surface area contributed by atoms with Crippen LogP contribution in [0.4, 0.5) is 0 Å². The van der Waals surface area contributed by atoms with Gasteiger partial charge in [0, 0.05) is 45.1 Å². The third-order valence-electron chi connectivity index (χ3n) is 6.96. The number of rotatable bonds is 3. The van der Waals surface area contributed by atoms with Crippen molar-refractivity contribution in [2.75, 3.05) is 32.8 Å². The Morgan fingerprint density at radius 1 is 0.920 bits per heavy atom. The number of carbonyl (C=O) groups is 2. The van der Waals surface area contributed by atoms with E-state index in [4.69, 9.17) is 4.74 Å². The van der Waals surface area contributed by atoms with Crippen molar-refractivity contribution in [3.8, 4) is 0 Å². The van der Waals surface area contributed by atoms with Crippen molar-refractivity contribution in [2.45, 2.75) is 69.8 Å². The van der Waals surface area contributed by atoms with Crippen molar-refractivity contribution in [1.82, 2.24) is 9.80 Å². The van der Waals surface area contributed by atoms with E-state index in [0.29, 0.717) is 30.1 Å². The number of ether oxygens (including phenoxy) is 1. The SMILES string of the molecule is O=C(CC1CCOC2(CCN(C(=O)C3CCC3)CC2)C1)N1CCCC1. The summed E-state index contributed by atoms with van der Waals surface area (Å²) < 4.78 is 6.21. The molecule has 0 bridgehead atoms. The second-order valence-electron chi connectivity index (χ2n) is 8.64. The molecule has 4 rings (SSSR count). The molecule has 4 fully saturated rings. The molecule has 1 spiro atoms. The Hall–Kier alpha value is -1.10. The number of hydrogen-bond donors (Lipinski definition) is 0. The van der Waals surface area contributed by atoms with Crippen LogP contribution in [0, 0.1) is 11.8 Å². The highest BCUT2D eigenvalue weighted by atomic mass is 16.5. The molecule has 1 saturated carbocycles. The summed E-state index contributed by atoms with van der Waals surface area (Å²) in [7, 11) is 0. The van der Waals surface area contributed by atoms with E-state index in [0.717, 1.165) is 84.2 Å². The fraction of sp³-hybridized carbons (Fsp3) is 0.900. The maximum Gasteiger partial charge on any atom is 0.225 e. The van der Waals surface area contributed by atoms with E-state index in [1.165, 1.54) is 6.42 Å². The van der Waals surface area contributed by atoms with Gasteiger partial charge in [-0.05, 0) is 57.3 Å². The van der Waals surface area contributed by atoms with E-state index in [1.807, 2.05) is 4.90 Å². The lowest BCUT2D eigenvalue weighted by atomic mass is 9.77. The van der Waals surface area contributed by atoms with Gasteiger partial charge in [-0.25, -0.2) is 0 Å². The standard InChI is InChI=1S/C20H32N2O3/c23-18(21-9-1-2-10-21)14-16-6-13-25-20(15-16)7-11-22(12-8-20)19(24)17-4-3-5-17/h16-17H,1-15H2. The average Bonchev–Trinajstić information content (AvgIpc) is 3.08. The Morgan fingerprint density at radius 3 is 2.28 bits per heavy atom. The summed E-state index contributed by atoms with van der Waals surface area (Å²) in [5.41, 5.74) is -0.0788. The summed E-state index contributed by atoms with van der Waals surface area (Å²) in [4.78, 5) is 29.0. The predicted molar refractivity (Wildman–Crippen MR) is 95.0 cm³/mol. The van der Waals surface area contributed by atoms with E-state index in [2.05, 4.69) is 4.90 Å². The molecule has 3 aliphatic heterocycles. The van der Waals surface area contributed by atoms with Crippen LogP contribution < -0.4 is 0 Å². The van der Waals surface area contributed by atoms with Crippen LogP contribution in [0.15, 0.2) is 0 Å². The summed E-state index contributed by atoms with van der Waals surface area (Å²) in [5, 5.41) is 0. The van der Waals surface area contributed by atoms with Crippen molar-refractivity contribution in [1.29, 1.82) is 0 Å². The molecule has 25 heavy (non-hydrogen) atoms. The molecule has 0 radical (unpaired) electrons. The topological polar surface area (TPSA) is 49.9 Å². The number of hydrogen-bond acceptors (Lipinski definition) is 3. The summed E-state index contributed by atoms with van der Waals surface area (Å²) in [5.74, 6) is 1.47. The third kappa shape index (κ3) is 3.71. The lowest BCUT2D eigenvalue weighted by molar-refractivity contribution is -0.153. The van der Waals surface area contributed by atoms with Gasteiger partial charge in [0.15, 0.2) is 0 Å².